The molecule has 0 fully saturated rings. The van der Waals surface area contributed by atoms with Gasteiger partial charge in [-0.2, -0.15) is 0 Å². The van der Waals surface area contributed by atoms with Crippen LogP contribution in [-0.4, -0.2) is 28.8 Å². The Hall–Kier alpha value is -0.540. The lowest BCUT2D eigenvalue weighted by atomic mass is 10.2. The molecule has 0 bridgehead atoms. The number of aliphatic hydroxyl groups excluding tert-OH is 1. The SMILES string of the molecule is CC1=CN(C(C)CO)NC1C. The standard InChI is InChI=1S/C8H16N2O/c1-6-4-10(7(2)5-11)9-8(6)3/h4,7-9,11H,5H2,1-3H3. The molecule has 0 aromatic heterocycles. The highest BCUT2D eigenvalue weighted by Gasteiger charge is 2.19. The molecule has 0 spiro atoms. The molecule has 0 saturated carbocycles. The molecule has 11 heavy (non-hydrogen) atoms. The van der Waals surface area contributed by atoms with Gasteiger partial charge in [0.15, 0.2) is 0 Å². The summed E-state index contributed by atoms with van der Waals surface area (Å²) in [5, 5.41) is 10.8. The van der Waals surface area contributed by atoms with Crippen molar-refractivity contribution < 1.29 is 5.11 Å². The highest BCUT2D eigenvalue weighted by atomic mass is 16.3. The van der Waals surface area contributed by atoms with Crippen molar-refractivity contribution in [2.75, 3.05) is 6.61 Å². The van der Waals surface area contributed by atoms with E-state index in [0.29, 0.717) is 6.04 Å². The summed E-state index contributed by atoms with van der Waals surface area (Å²) < 4.78 is 0. The van der Waals surface area contributed by atoms with Gasteiger partial charge in [-0.05, 0) is 26.3 Å². The van der Waals surface area contributed by atoms with Gasteiger partial charge >= 0.3 is 0 Å². The largest absolute Gasteiger partial charge is 0.394 e. The third-order valence-electron chi connectivity index (χ3n) is 2.11. The average Bonchev–Trinajstić information content (AvgIpc) is 2.31. The monoisotopic (exact) mass is 156 g/mol. The smallest absolute Gasteiger partial charge is 0.0651 e. The lowest BCUT2D eigenvalue weighted by Crippen LogP contribution is -2.41. The van der Waals surface area contributed by atoms with Crippen LogP contribution in [0.1, 0.15) is 20.8 Å². The molecule has 2 unspecified atom stereocenters. The molecular formula is C8H16N2O. The minimum atomic E-state index is 0.162. The zero-order chi connectivity index (χ0) is 8.43. The molecule has 2 atom stereocenters. The van der Waals surface area contributed by atoms with Gasteiger partial charge in [0.05, 0.1) is 12.6 Å². The molecule has 1 rings (SSSR count). The summed E-state index contributed by atoms with van der Waals surface area (Å²) in [6.45, 7) is 6.36. The fraction of sp³-hybridized carbons (Fsp3) is 0.750. The number of rotatable bonds is 2. The van der Waals surface area contributed by atoms with Gasteiger partial charge < -0.3 is 10.1 Å². The van der Waals surface area contributed by atoms with E-state index in [0.717, 1.165) is 0 Å². The van der Waals surface area contributed by atoms with Gasteiger partial charge in [-0.25, -0.2) is 5.43 Å². The summed E-state index contributed by atoms with van der Waals surface area (Å²) in [5.74, 6) is 0. The fourth-order valence-corrected chi connectivity index (χ4v) is 1.04. The Bertz CT molecular complexity index is 167. The van der Waals surface area contributed by atoms with E-state index in [4.69, 9.17) is 5.11 Å². The van der Waals surface area contributed by atoms with Crippen LogP contribution < -0.4 is 5.43 Å². The molecule has 0 radical (unpaired) electrons. The molecule has 1 heterocycles. The van der Waals surface area contributed by atoms with Gasteiger partial charge in [-0.3, -0.25) is 0 Å². The summed E-state index contributed by atoms with van der Waals surface area (Å²) in [7, 11) is 0. The Labute approximate surface area is 67.7 Å². The number of aliphatic hydroxyl groups is 1. The van der Waals surface area contributed by atoms with Gasteiger partial charge in [0.2, 0.25) is 0 Å². The number of nitrogens with one attached hydrogen (secondary N) is 1. The topological polar surface area (TPSA) is 35.5 Å². The van der Waals surface area contributed by atoms with Gasteiger partial charge in [0.25, 0.3) is 0 Å². The number of hydrogen-bond donors (Lipinski definition) is 2. The normalized spacial score (nSPS) is 27.1. The second kappa shape index (κ2) is 3.24. The van der Waals surface area contributed by atoms with E-state index in [1.165, 1.54) is 5.57 Å². The van der Waals surface area contributed by atoms with Crippen LogP contribution in [0.2, 0.25) is 0 Å². The number of hydrogen-bond acceptors (Lipinski definition) is 3. The Morgan fingerprint density at radius 1 is 1.82 bits per heavy atom. The van der Waals surface area contributed by atoms with Crippen LogP contribution in [0.15, 0.2) is 11.8 Å². The van der Waals surface area contributed by atoms with Crippen LogP contribution in [0.25, 0.3) is 0 Å². The highest BCUT2D eigenvalue weighted by Crippen LogP contribution is 2.12. The Morgan fingerprint density at radius 3 is 2.82 bits per heavy atom. The Balaban J connectivity index is 2.53. The van der Waals surface area contributed by atoms with Crippen molar-refractivity contribution in [3.8, 4) is 0 Å². The zero-order valence-corrected chi connectivity index (χ0v) is 7.33. The van der Waals surface area contributed by atoms with Crippen molar-refractivity contribution in [3.05, 3.63) is 11.8 Å². The molecule has 1 aliphatic rings. The molecule has 0 saturated heterocycles. The molecule has 3 nitrogen and oxygen atoms in total. The first-order valence-corrected chi connectivity index (χ1v) is 3.99. The molecule has 0 aromatic rings. The summed E-state index contributed by atoms with van der Waals surface area (Å²) in [6, 6.07) is 0.568. The maximum atomic E-state index is 8.86. The van der Waals surface area contributed by atoms with E-state index in [1.54, 1.807) is 0 Å². The molecule has 3 heteroatoms. The van der Waals surface area contributed by atoms with Crippen molar-refractivity contribution in [3.63, 3.8) is 0 Å². The maximum Gasteiger partial charge on any atom is 0.0651 e. The van der Waals surface area contributed by atoms with E-state index < -0.39 is 0 Å². The van der Waals surface area contributed by atoms with E-state index in [1.807, 2.05) is 18.1 Å². The fourth-order valence-electron chi connectivity index (χ4n) is 1.04. The van der Waals surface area contributed by atoms with Crippen molar-refractivity contribution in [2.24, 2.45) is 0 Å². The minimum Gasteiger partial charge on any atom is -0.394 e. The van der Waals surface area contributed by atoms with Crippen LogP contribution in [0.4, 0.5) is 0 Å². The summed E-state index contributed by atoms with van der Waals surface area (Å²) in [5.41, 5.74) is 4.55. The second-order valence-electron chi connectivity index (χ2n) is 3.16. The first-order chi connectivity index (χ1) is 5.15. The van der Waals surface area contributed by atoms with Gasteiger partial charge in [0, 0.05) is 12.2 Å². The Morgan fingerprint density at radius 2 is 2.45 bits per heavy atom. The zero-order valence-electron chi connectivity index (χ0n) is 7.33. The first kappa shape index (κ1) is 8.56. The van der Waals surface area contributed by atoms with E-state index in [-0.39, 0.29) is 12.6 Å². The Kier molecular flexibility index (Phi) is 2.52. The maximum absolute atomic E-state index is 8.86. The summed E-state index contributed by atoms with van der Waals surface area (Å²) >= 11 is 0. The first-order valence-electron chi connectivity index (χ1n) is 3.99. The third-order valence-corrected chi connectivity index (χ3v) is 2.11. The lowest BCUT2D eigenvalue weighted by Gasteiger charge is -2.23. The summed E-state index contributed by atoms with van der Waals surface area (Å²) in [6.07, 6.45) is 2.05. The van der Waals surface area contributed by atoms with Crippen LogP contribution in [0.3, 0.4) is 0 Å². The predicted octanol–water partition coefficient (Wildman–Crippen LogP) is 0.480. The number of hydrazine groups is 1. The van der Waals surface area contributed by atoms with Crippen molar-refractivity contribution in [1.82, 2.24) is 10.4 Å². The van der Waals surface area contributed by atoms with Crippen LogP contribution in [0, 0.1) is 0 Å². The van der Waals surface area contributed by atoms with Crippen molar-refractivity contribution in [2.45, 2.75) is 32.9 Å². The van der Waals surface area contributed by atoms with Crippen LogP contribution in [0.5, 0.6) is 0 Å². The van der Waals surface area contributed by atoms with E-state index >= 15 is 0 Å². The van der Waals surface area contributed by atoms with Crippen molar-refractivity contribution in [1.29, 1.82) is 0 Å². The van der Waals surface area contributed by atoms with Crippen molar-refractivity contribution >= 4 is 0 Å². The quantitative estimate of drug-likeness (QED) is 0.610. The van der Waals surface area contributed by atoms with Gasteiger partial charge in [-0.15, -0.1) is 0 Å². The number of nitrogens with zero attached hydrogens (tertiary/aromatic N) is 1. The van der Waals surface area contributed by atoms with Crippen LogP contribution >= 0.6 is 0 Å². The third kappa shape index (κ3) is 1.73. The molecule has 0 amide bonds. The lowest BCUT2D eigenvalue weighted by molar-refractivity contribution is 0.139. The predicted molar refractivity (Wildman–Crippen MR) is 44.7 cm³/mol. The average molecular weight is 156 g/mol. The molecule has 2 N–H and O–H groups in total. The minimum absolute atomic E-state index is 0.162. The second-order valence-corrected chi connectivity index (χ2v) is 3.16. The van der Waals surface area contributed by atoms with E-state index in [2.05, 4.69) is 19.3 Å². The van der Waals surface area contributed by atoms with E-state index in [9.17, 15) is 0 Å². The van der Waals surface area contributed by atoms with Gasteiger partial charge in [0.1, 0.15) is 0 Å². The van der Waals surface area contributed by atoms with Gasteiger partial charge in [-0.1, -0.05) is 0 Å². The molecular weight excluding hydrogens is 140 g/mol. The summed E-state index contributed by atoms with van der Waals surface area (Å²) in [4.78, 5) is 0. The molecule has 0 aromatic carbocycles. The molecule has 64 valence electrons. The molecule has 1 aliphatic heterocycles. The molecule has 0 aliphatic carbocycles. The van der Waals surface area contributed by atoms with Crippen LogP contribution in [-0.2, 0) is 0 Å². The highest BCUT2D eigenvalue weighted by molar-refractivity contribution is 5.10.